The zero-order chi connectivity index (χ0) is 18.1. The van der Waals surface area contributed by atoms with Gasteiger partial charge in [0, 0.05) is 17.5 Å². The molecule has 25 heavy (non-hydrogen) atoms. The zero-order valence-corrected chi connectivity index (χ0v) is 16.6. The predicted molar refractivity (Wildman–Crippen MR) is 101 cm³/mol. The molecule has 1 saturated carbocycles. The van der Waals surface area contributed by atoms with Crippen molar-refractivity contribution in [2.75, 3.05) is 19.3 Å². The Labute approximate surface area is 156 Å². The molecule has 2 fully saturated rings. The fourth-order valence-corrected chi connectivity index (χ4v) is 5.18. The van der Waals surface area contributed by atoms with Gasteiger partial charge in [0.1, 0.15) is 0 Å². The predicted octanol–water partition coefficient (Wildman–Crippen LogP) is 3.74. The van der Waals surface area contributed by atoms with Gasteiger partial charge in [0.05, 0.1) is 12.4 Å². The Morgan fingerprint density at radius 1 is 1.32 bits per heavy atom. The lowest BCUT2D eigenvalue weighted by molar-refractivity contribution is 0.0426. The van der Waals surface area contributed by atoms with Crippen LogP contribution in [0.2, 0.25) is 5.02 Å². The van der Waals surface area contributed by atoms with E-state index in [2.05, 4.69) is 24.4 Å². The van der Waals surface area contributed by atoms with E-state index in [0.29, 0.717) is 5.92 Å². The number of rotatable bonds is 6. The van der Waals surface area contributed by atoms with E-state index in [4.69, 9.17) is 15.8 Å². The van der Waals surface area contributed by atoms with Crippen LogP contribution in [-0.2, 0) is 19.7 Å². The molecule has 6 heteroatoms. The van der Waals surface area contributed by atoms with Crippen molar-refractivity contribution in [2.24, 2.45) is 11.8 Å². The molecule has 0 radical (unpaired) electrons. The van der Waals surface area contributed by atoms with E-state index in [0.717, 1.165) is 50.1 Å². The summed E-state index contributed by atoms with van der Waals surface area (Å²) in [6.07, 6.45) is 6.01. The van der Waals surface area contributed by atoms with Gasteiger partial charge in [-0.05, 0) is 61.3 Å². The SMILES string of the molecule is C[C@H]1CCNC[C@H]1C(CC1(c2ccc(Cl)cc2)CCC1)OS(C)(=O)=O. The average molecular weight is 386 g/mol. The molecule has 140 valence electrons. The van der Waals surface area contributed by atoms with Crippen molar-refractivity contribution in [3.05, 3.63) is 34.9 Å². The Hall–Kier alpha value is -0.620. The molecular weight excluding hydrogens is 358 g/mol. The molecule has 2 aliphatic rings. The molecular formula is C19H28ClNO3S. The van der Waals surface area contributed by atoms with Crippen molar-refractivity contribution in [3.8, 4) is 0 Å². The maximum absolute atomic E-state index is 11.9. The number of piperidine rings is 1. The summed E-state index contributed by atoms with van der Waals surface area (Å²) in [6.45, 7) is 4.02. The zero-order valence-electron chi connectivity index (χ0n) is 15.0. The highest BCUT2D eigenvalue weighted by Crippen LogP contribution is 2.49. The Morgan fingerprint density at radius 2 is 2.00 bits per heavy atom. The summed E-state index contributed by atoms with van der Waals surface area (Å²) >= 11 is 6.04. The minimum Gasteiger partial charge on any atom is -0.316 e. The minimum absolute atomic E-state index is 0.0110. The third-order valence-electron chi connectivity index (χ3n) is 6.02. The van der Waals surface area contributed by atoms with Crippen molar-refractivity contribution < 1.29 is 12.6 Å². The molecule has 1 aliphatic heterocycles. The van der Waals surface area contributed by atoms with E-state index in [9.17, 15) is 8.42 Å². The fourth-order valence-electron chi connectivity index (χ4n) is 4.40. The highest BCUT2D eigenvalue weighted by atomic mass is 35.5. The first-order chi connectivity index (χ1) is 11.8. The van der Waals surface area contributed by atoms with E-state index in [1.165, 1.54) is 12.0 Å². The third kappa shape index (κ3) is 4.57. The van der Waals surface area contributed by atoms with E-state index in [1.54, 1.807) is 0 Å². The van der Waals surface area contributed by atoms with Crippen LogP contribution >= 0.6 is 11.6 Å². The average Bonchev–Trinajstić information content (AvgIpc) is 2.50. The topological polar surface area (TPSA) is 55.4 Å². The van der Waals surface area contributed by atoms with Crippen LogP contribution in [0.5, 0.6) is 0 Å². The molecule has 1 saturated heterocycles. The summed E-state index contributed by atoms with van der Waals surface area (Å²) in [7, 11) is -3.49. The molecule has 1 aliphatic carbocycles. The van der Waals surface area contributed by atoms with E-state index < -0.39 is 10.1 Å². The normalized spacial score (nSPS) is 27.5. The molecule has 1 aromatic carbocycles. The molecule has 0 bridgehead atoms. The largest absolute Gasteiger partial charge is 0.316 e. The van der Waals surface area contributed by atoms with Crippen LogP contribution in [0.1, 0.15) is 44.6 Å². The van der Waals surface area contributed by atoms with Gasteiger partial charge in [0.25, 0.3) is 10.1 Å². The van der Waals surface area contributed by atoms with Crippen molar-refractivity contribution in [2.45, 2.75) is 50.5 Å². The Morgan fingerprint density at radius 3 is 2.52 bits per heavy atom. The third-order valence-corrected chi connectivity index (χ3v) is 6.87. The van der Waals surface area contributed by atoms with Gasteiger partial charge in [-0.3, -0.25) is 4.18 Å². The molecule has 1 aromatic rings. The lowest BCUT2D eigenvalue weighted by Gasteiger charge is -2.47. The summed E-state index contributed by atoms with van der Waals surface area (Å²) in [5, 5.41) is 4.14. The first-order valence-electron chi connectivity index (χ1n) is 9.14. The van der Waals surface area contributed by atoms with Crippen LogP contribution in [0.4, 0.5) is 0 Å². The smallest absolute Gasteiger partial charge is 0.264 e. The van der Waals surface area contributed by atoms with E-state index >= 15 is 0 Å². The summed E-state index contributed by atoms with van der Waals surface area (Å²) < 4.78 is 29.4. The van der Waals surface area contributed by atoms with E-state index in [-0.39, 0.29) is 17.4 Å². The molecule has 1 heterocycles. The van der Waals surface area contributed by atoms with Gasteiger partial charge < -0.3 is 5.32 Å². The standard InChI is InChI=1S/C19H28ClNO3S/c1-14-8-11-21-13-17(14)18(24-25(2,22)23)12-19(9-3-10-19)15-4-6-16(20)7-5-15/h4-7,14,17-18,21H,3,8-13H2,1-2H3/t14-,17+,18?/m0/s1. The lowest BCUT2D eigenvalue weighted by atomic mass is 9.60. The van der Waals surface area contributed by atoms with Crippen molar-refractivity contribution >= 4 is 21.7 Å². The fraction of sp³-hybridized carbons (Fsp3) is 0.684. The van der Waals surface area contributed by atoms with Gasteiger partial charge in [-0.15, -0.1) is 0 Å². The maximum atomic E-state index is 11.9. The lowest BCUT2D eigenvalue weighted by Crippen LogP contribution is -2.47. The van der Waals surface area contributed by atoms with Gasteiger partial charge in [0.2, 0.25) is 0 Å². The van der Waals surface area contributed by atoms with Gasteiger partial charge in [-0.25, -0.2) is 0 Å². The highest BCUT2D eigenvalue weighted by molar-refractivity contribution is 7.86. The number of benzene rings is 1. The summed E-state index contributed by atoms with van der Waals surface area (Å²) in [6, 6.07) is 8.02. The van der Waals surface area contributed by atoms with Crippen molar-refractivity contribution in [3.63, 3.8) is 0 Å². The van der Waals surface area contributed by atoms with Crippen molar-refractivity contribution in [1.29, 1.82) is 0 Å². The van der Waals surface area contributed by atoms with Crippen LogP contribution < -0.4 is 5.32 Å². The number of hydrogen-bond acceptors (Lipinski definition) is 4. The highest BCUT2D eigenvalue weighted by Gasteiger charge is 2.44. The Balaban J connectivity index is 1.86. The second-order valence-electron chi connectivity index (χ2n) is 7.82. The van der Waals surface area contributed by atoms with E-state index in [1.807, 2.05) is 12.1 Å². The van der Waals surface area contributed by atoms with Gasteiger partial charge in [-0.1, -0.05) is 37.1 Å². The molecule has 1 N–H and O–H groups in total. The van der Waals surface area contributed by atoms with Gasteiger partial charge >= 0.3 is 0 Å². The first kappa shape index (κ1) is 19.2. The van der Waals surface area contributed by atoms with Crippen LogP contribution in [0, 0.1) is 11.8 Å². The van der Waals surface area contributed by atoms with Gasteiger partial charge in [0.15, 0.2) is 0 Å². The Kier molecular flexibility index (Phi) is 5.78. The van der Waals surface area contributed by atoms with Crippen LogP contribution in [0.3, 0.4) is 0 Å². The maximum Gasteiger partial charge on any atom is 0.264 e. The second-order valence-corrected chi connectivity index (χ2v) is 9.85. The first-order valence-corrected chi connectivity index (χ1v) is 11.3. The molecule has 4 nitrogen and oxygen atoms in total. The second kappa shape index (κ2) is 7.55. The van der Waals surface area contributed by atoms with Crippen LogP contribution in [-0.4, -0.2) is 33.9 Å². The van der Waals surface area contributed by atoms with Crippen LogP contribution in [0.15, 0.2) is 24.3 Å². The summed E-state index contributed by atoms with van der Waals surface area (Å²) in [5.41, 5.74) is 1.26. The molecule has 1 unspecified atom stereocenters. The molecule has 3 atom stereocenters. The number of nitrogens with one attached hydrogen (secondary N) is 1. The van der Waals surface area contributed by atoms with Crippen LogP contribution in [0.25, 0.3) is 0 Å². The molecule has 3 rings (SSSR count). The minimum atomic E-state index is -3.49. The number of halogens is 1. The summed E-state index contributed by atoms with van der Waals surface area (Å²) in [4.78, 5) is 0. The molecule has 0 amide bonds. The Bertz CT molecular complexity index is 685. The monoisotopic (exact) mass is 385 g/mol. The molecule has 0 aromatic heterocycles. The van der Waals surface area contributed by atoms with Crippen molar-refractivity contribution in [1.82, 2.24) is 5.32 Å². The quantitative estimate of drug-likeness (QED) is 0.758. The van der Waals surface area contributed by atoms with Gasteiger partial charge in [-0.2, -0.15) is 8.42 Å². The number of hydrogen-bond donors (Lipinski definition) is 1. The molecule has 0 spiro atoms. The summed E-state index contributed by atoms with van der Waals surface area (Å²) in [5.74, 6) is 0.670.